The highest BCUT2D eigenvalue weighted by Gasteiger charge is 2.29. The number of likely N-dealkylation sites (N-methyl/N-ethyl adjacent to an activating group) is 1. The van der Waals surface area contributed by atoms with E-state index in [0.717, 1.165) is 37.6 Å². The number of anilines is 1. The lowest BCUT2D eigenvalue weighted by Crippen LogP contribution is -2.48. The summed E-state index contributed by atoms with van der Waals surface area (Å²) in [6, 6.07) is 1.74. The first-order valence-corrected chi connectivity index (χ1v) is 6.54. The molecule has 1 saturated heterocycles. The molecular weight excluding hydrogens is 252 g/mol. The predicted molar refractivity (Wildman–Crippen MR) is 68.9 cm³/mol. The van der Waals surface area contributed by atoms with Gasteiger partial charge >= 0.3 is 0 Å². The Bertz CT molecular complexity index is 489. The van der Waals surface area contributed by atoms with E-state index in [-0.39, 0.29) is 5.91 Å². The van der Waals surface area contributed by atoms with Gasteiger partial charge in [-0.1, -0.05) is 11.6 Å². The number of nitrogens with zero attached hydrogens (tertiary/aromatic N) is 4. The maximum Gasteiger partial charge on any atom is 0.241 e. The maximum absolute atomic E-state index is 11.7. The minimum atomic E-state index is 0.115. The van der Waals surface area contributed by atoms with Crippen LogP contribution >= 0.6 is 11.6 Å². The average Bonchev–Trinajstić information content (AvgIpc) is 3.16. The van der Waals surface area contributed by atoms with E-state index in [0.29, 0.717) is 17.6 Å². The summed E-state index contributed by atoms with van der Waals surface area (Å²) in [5, 5.41) is 0.466. The van der Waals surface area contributed by atoms with Gasteiger partial charge < -0.3 is 9.80 Å². The summed E-state index contributed by atoms with van der Waals surface area (Å²) in [6.45, 7) is 1.88. The van der Waals surface area contributed by atoms with Gasteiger partial charge in [0.25, 0.3) is 0 Å². The van der Waals surface area contributed by atoms with Crippen molar-refractivity contribution in [2.75, 3.05) is 31.6 Å². The Morgan fingerprint density at radius 3 is 2.78 bits per heavy atom. The SMILES string of the molecule is CN1CCN(c2cc(Cl)nc(C3CC3)n2)CC1=O. The molecule has 6 heteroatoms. The van der Waals surface area contributed by atoms with Gasteiger partial charge in [-0.15, -0.1) is 0 Å². The van der Waals surface area contributed by atoms with Crippen molar-refractivity contribution in [1.82, 2.24) is 14.9 Å². The number of hydrogen-bond acceptors (Lipinski definition) is 4. The van der Waals surface area contributed by atoms with Crippen molar-refractivity contribution in [3.8, 4) is 0 Å². The lowest BCUT2D eigenvalue weighted by molar-refractivity contribution is -0.129. The zero-order chi connectivity index (χ0) is 12.7. The highest BCUT2D eigenvalue weighted by atomic mass is 35.5. The van der Waals surface area contributed by atoms with Crippen molar-refractivity contribution in [2.45, 2.75) is 18.8 Å². The summed E-state index contributed by atoms with van der Waals surface area (Å²) >= 11 is 6.03. The van der Waals surface area contributed by atoms with Crippen molar-refractivity contribution in [3.05, 3.63) is 17.0 Å². The van der Waals surface area contributed by atoms with Crippen LogP contribution in [0.25, 0.3) is 0 Å². The number of halogens is 1. The van der Waals surface area contributed by atoms with E-state index >= 15 is 0 Å². The molecule has 0 N–H and O–H groups in total. The van der Waals surface area contributed by atoms with Crippen molar-refractivity contribution in [2.24, 2.45) is 0 Å². The molecular formula is C12H15ClN4O. The van der Waals surface area contributed by atoms with Gasteiger partial charge in [0.05, 0.1) is 6.54 Å². The van der Waals surface area contributed by atoms with Crippen LogP contribution in [0.2, 0.25) is 5.15 Å². The minimum Gasteiger partial charge on any atom is -0.345 e. The van der Waals surface area contributed by atoms with E-state index in [1.54, 1.807) is 11.0 Å². The van der Waals surface area contributed by atoms with Gasteiger partial charge in [0, 0.05) is 32.1 Å². The number of aromatic nitrogens is 2. The Kier molecular flexibility index (Phi) is 2.86. The Morgan fingerprint density at radius 2 is 2.11 bits per heavy atom. The molecule has 18 heavy (non-hydrogen) atoms. The van der Waals surface area contributed by atoms with Crippen LogP contribution in [0, 0.1) is 0 Å². The van der Waals surface area contributed by atoms with E-state index < -0.39 is 0 Å². The normalized spacial score (nSPS) is 20.4. The zero-order valence-electron chi connectivity index (χ0n) is 10.3. The van der Waals surface area contributed by atoms with Crippen LogP contribution in [0.1, 0.15) is 24.6 Å². The molecule has 3 rings (SSSR count). The van der Waals surface area contributed by atoms with E-state index in [4.69, 9.17) is 11.6 Å². The molecule has 2 fully saturated rings. The van der Waals surface area contributed by atoms with E-state index in [1.807, 2.05) is 11.9 Å². The van der Waals surface area contributed by atoms with Gasteiger partial charge in [0.15, 0.2) is 0 Å². The molecule has 0 spiro atoms. The molecule has 1 aromatic heterocycles. The summed E-state index contributed by atoms with van der Waals surface area (Å²) in [6.07, 6.45) is 2.28. The first-order chi connectivity index (χ1) is 8.63. The van der Waals surface area contributed by atoms with Crippen LogP contribution < -0.4 is 4.90 Å². The summed E-state index contributed by atoms with van der Waals surface area (Å²) in [4.78, 5) is 24.2. The number of hydrogen-bond donors (Lipinski definition) is 0. The van der Waals surface area contributed by atoms with E-state index in [9.17, 15) is 4.79 Å². The summed E-state index contributed by atoms with van der Waals surface area (Å²) in [5.41, 5.74) is 0. The first kappa shape index (κ1) is 11.7. The molecule has 1 aliphatic heterocycles. The topological polar surface area (TPSA) is 49.3 Å². The predicted octanol–water partition coefficient (Wildman–Crippen LogP) is 1.29. The van der Waals surface area contributed by atoms with Gasteiger partial charge in [-0.05, 0) is 12.8 Å². The summed E-state index contributed by atoms with van der Waals surface area (Å²) < 4.78 is 0. The number of amides is 1. The fourth-order valence-corrected chi connectivity index (χ4v) is 2.25. The third-order valence-electron chi connectivity index (χ3n) is 3.42. The second-order valence-corrected chi connectivity index (χ2v) is 5.31. The fraction of sp³-hybridized carbons (Fsp3) is 0.583. The van der Waals surface area contributed by atoms with Crippen LogP contribution in [0.15, 0.2) is 6.07 Å². The third-order valence-corrected chi connectivity index (χ3v) is 3.62. The van der Waals surface area contributed by atoms with E-state index in [1.165, 1.54) is 0 Å². The molecule has 0 aromatic carbocycles. The molecule has 2 heterocycles. The molecule has 0 bridgehead atoms. The van der Waals surface area contributed by atoms with Gasteiger partial charge in [-0.25, -0.2) is 9.97 Å². The number of carbonyl (C=O) groups excluding carboxylic acids is 1. The molecule has 5 nitrogen and oxygen atoms in total. The van der Waals surface area contributed by atoms with Gasteiger partial charge in [-0.3, -0.25) is 4.79 Å². The van der Waals surface area contributed by atoms with Crippen LogP contribution in [-0.2, 0) is 4.79 Å². The Balaban J connectivity index is 1.85. The summed E-state index contributed by atoms with van der Waals surface area (Å²) in [5.74, 6) is 2.18. The van der Waals surface area contributed by atoms with Crippen molar-refractivity contribution in [1.29, 1.82) is 0 Å². The smallest absolute Gasteiger partial charge is 0.241 e. The first-order valence-electron chi connectivity index (χ1n) is 6.17. The molecule has 2 aliphatic rings. The van der Waals surface area contributed by atoms with Crippen LogP contribution in [0.3, 0.4) is 0 Å². The lowest BCUT2D eigenvalue weighted by Gasteiger charge is -2.32. The molecule has 0 unspecified atom stereocenters. The number of carbonyl (C=O) groups is 1. The molecule has 0 atom stereocenters. The molecule has 1 aliphatic carbocycles. The lowest BCUT2D eigenvalue weighted by atomic mass is 10.3. The minimum absolute atomic E-state index is 0.115. The Labute approximate surface area is 111 Å². The number of piperazine rings is 1. The quantitative estimate of drug-likeness (QED) is 0.757. The molecule has 1 saturated carbocycles. The second kappa shape index (κ2) is 4.39. The van der Waals surface area contributed by atoms with Gasteiger partial charge in [-0.2, -0.15) is 0 Å². The summed E-state index contributed by atoms with van der Waals surface area (Å²) in [7, 11) is 1.82. The average molecular weight is 267 g/mol. The highest BCUT2D eigenvalue weighted by Crippen LogP contribution is 2.39. The standard InChI is InChI=1S/C12H15ClN4O/c1-16-4-5-17(7-11(16)18)10-6-9(13)14-12(15-10)8-2-3-8/h6,8H,2-5,7H2,1H3. The molecule has 96 valence electrons. The van der Waals surface area contributed by atoms with Gasteiger partial charge in [0.2, 0.25) is 5.91 Å². The second-order valence-electron chi connectivity index (χ2n) is 4.92. The Morgan fingerprint density at radius 1 is 1.33 bits per heavy atom. The zero-order valence-corrected chi connectivity index (χ0v) is 11.0. The maximum atomic E-state index is 11.7. The van der Waals surface area contributed by atoms with Crippen LogP contribution in [0.5, 0.6) is 0 Å². The van der Waals surface area contributed by atoms with Crippen LogP contribution in [0.4, 0.5) is 5.82 Å². The largest absolute Gasteiger partial charge is 0.345 e. The van der Waals surface area contributed by atoms with Crippen LogP contribution in [-0.4, -0.2) is 47.5 Å². The molecule has 0 radical (unpaired) electrons. The Hall–Kier alpha value is -1.36. The van der Waals surface area contributed by atoms with Crippen molar-refractivity contribution < 1.29 is 4.79 Å². The molecule has 1 amide bonds. The molecule has 1 aromatic rings. The fourth-order valence-electron chi connectivity index (χ4n) is 2.06. The van der Waals surface area contributed by atoms with Crippen molar-refractivity contribution >= 4 is 23.3 Å². The number of rotatable bonds is 2. The van der Waals surface area contributed by atoms with E-state index in [2.05, 4.69) is 9.97 Å². The highest BCUT2D eigenvalue weighted by molar-refractivity contribution is 6.29. The van der Waals surface area contributed by atoms with Crippen molar-refractivity contribution in [3.63, 3.8) is 0 Å². The monoisotopic (exact) mass is 266 g/mol. The van der Waals surface area contributed by atoms with Gasteiger partial charge in [0.1, 0.15) is 16.8 Å². The third kappa shape index (κ3) is 2.27.